The lowest BCUT2D eigenvalue weighted by molar-refractivity contribution is -0.124. The van der Waals surface area contributed by atoms with E-state index >= 15 is 0 Å². The van der Waals surface area contributed by atoms with Gasteiger partial charge in [0.2, 0.25) is 0 Å². The van der Waals surface area contributed by atoms with E-state index < -0.39 is 5.37 Å². The van der Waals surface area contributed by atoms with E-state index in [2.05, 4.69) is 29.6 Å². The van der Waals surface area contributed by atoms with Crippen molar-refractivity contribution in [3.63, 3.8) is 0 Å². The number of thioether (sulfide) groups is 1. The number of rotatable bonds is 3. The summed E-state index contributed by atoms with van der Waals surface area (Å²) in [6.07, 6.45) is 0. The van der Waals surface area contributed by atoms with Crippen molar-refractivity contribution in [1.82, 2.24) is 10.2 Å². The minimum Gasteiger partial charge on any atom is -0.317 e. The van der Waals surface area contributed by atoms with E-state index in [4.69, 9.17) is 0 Å². The van der Waals surface area contributed by atoms with E-state index in [-0.39, 0.29) is 11.9 Å². The normalized spacial score (nSPS) is 18.6. The molecule has 1 atom stereocenters. The van der Waals surface area contributed by atoms with Crippen molar-refractivity contribution < 1.29 is 9.59 Å². The van der Waals surface area contributed by atoms with E-state index in [1.54, 1.807) is 0 Å². The van der Waals surface area contributed by atoms with Gasteiger partial charge in [-0.25, -0.2) is 4.79 Å². The number of fused-ring (bicyclic) bond motifs is 1. The first-order valence-corrected chi connectivity index (χ1v) is 7.38. The third-order valence-corrected chi connectivity index (χ3v) is 4.53. The van der Waals surface area contributed by atoms with Crippen LogP contribution in [-0.2, 0) is 10.5 Å². The molecule has 1 unspecified atom stereocenters. The fourth-order valence-electron chi connectivity index (χ4n) is 2.25. The summed E-state index contributed by atoms with van der Waals surface area (Å²) in [5.74, 6) is 0.506. The first kappa shape index (κ1) is 13.0. The van der Waals surface area contributed by atoms with E-state index in [1.165, 1.54) is 35.1 Å². The minimum absolute atomic E-state index is 0.180. The summed E-state index contributed by atoms with van der Waals surface area (Å²) in [5, 5.41) is 4.56. The number of hydrogen-bond acceptors (Lipinski definition) is 3. The largest absolute Gasteiger partial charge is 0.325 e. The van der Waals surface area contributed by atoms with Crippen LogP contribution in [0.15, 0.2) is 42.5 Å². The number of likely N-dealkylation sites (N-methyl/N-ethyl adjacent to an activating group) is 1. The molecule has 0 saturated carbocycles. The van der Waals surface area contributed by atoms with Gasteiger partial charge in [-0.1, -0.05) is 42.5 Å². The second-order valence-electron chi connectivity index (χ2n) is 4.68. The Bertz CT molecular complexity index is 681. The van der Waals surface area contributed by atoms with E-state index in [0.717, 1.165) is 4.90 Å². The molecule has 0 bridgehead atoms. The Morgan fingerprint density at radius 2 is 1.90 bits per heavy atom. The van der Waals surface area contributed by atoms with Crippen LogP contribution < -0.4 is 5.32 Å². The lowest BCUT2D eigenvalue weighted by Gasteiger charge is -2.10. The van der Waals surface area contributed by atoms with E-state index in [0.29, 0.717) is 5.75 Å². The van der Waals surface area contributed by atoms with Gasteiger partial charge in [-0.05, 0) is 16.3 Å². The molecule has 0 radical (unpaired) electrons. The van der Waals surface area contributed by atoms with Gasteiger partial charge < -0.3 is 5.32 Å². The van der Waals surface area contributed by atoms with Crippen LogP contribution in [0.2, 0.25) is 0 Å². The highest BCUT2D eigenvalue weighted by Gasteiger charge is 2.35. The van der Waals surface area contributed by atoms with Gasteiger partial charge in [0.25, 0.3) is 5.91 Å². The summed E-state index contributed by atoms with van der Waals surface area (Å²) in [6, 6.07) is 14.0. The predicted molar refractivity (Wildman–Crippen MR) is 80.3 cm³/mol. The smallest absolute Gasteiger partial charge is 0.317 e. The van der Waals surface area contributed by atoms with Crippen LogP contribution in [0.4, 0.5) is 4.79 Å². The third kappa shape index (κ3) is 2.25. The van der Waals surface area contributed by atoms with Crippen molar-refractivity contribution in [2.24, 2.45) is 0 Å². The third-order valence-electron chi connectivity index (χ3n) is 3.40. The number of carbonyl (C=O) groups is 2. The molecule has 2 aromatic rings. The van der Waals surface area contributed by atoms with Crippen molar-refractivity contribution in [2.45, 2.75) is 11.1 Å². The van der Waals surface area contributed by atoms with Crippen LogP contribution in [0.3, 0.4) is 0 Å². The fourth-order valence-corrected chi connectivity index (χ4v) is 3.33. The zero-order chi connectivity index (χ0) is 14.1. The fraction of sp³-hybridized carbons (Fsp3) is 0.200. The molecule has 20 heavy (non-hydrogen) atoms. The van der Waals surface area contributed by atoms with Crippen molar-refractivity contribution in [3.8, 4) is 0 Å². The monoisotopic (exact) mass is 286 g/mol. The molecule has 1 aliphatic rings. The van der Waals surface area contributed by atoms with E-state index in [9.17, 15) is 9.59 Å². The van der Waals surface area contributed by atoms with Gasteiger partial charge in [0.05, 0.1) is 0 Å². The number of urea groups is 1. The number of hydrogen-bond donors (Lipinski definition) is 1. The number of amides is 3. The summed E-state index contributed by atoms with van der Waals surface area (Å²) in [4.78, 5) is 24.3. The van der Waals surface area contributed by atoms with Crippen molar-refractivity contribution in [2.75, 3.05) is 7.05 Å². The van der Waals surface area contributed by atoms with Gasteiger partial charge in [0.15, 0.2) is 5.37 Å². The Morgan fingerprint density at radius 3 is 2.65 bits per heavy atom. The molecule has 3 rings (SSSR count). The van der Waals surface area contributed by atoms with Gasteiger partial charge in [0, 0.05) is 12.8 Å². The summed E-state index contributed by atoms with van der Waals surface area (Å²) >= 11 is 1.44. The Kier molecular flexibility index (Phi) is 3.36. The highest BCUT2D eigenvalue weighted by atomic mass is 32.2. The zero-order valence-electron chi connectivity index (χ0n) is 11.0. The van der Waals surface area contributed by atoms with Gasteiger partial charge in [-0.3, -0.25) is 9.69 Å². The maximum atomic E-state index is 11.8. The summed E-state index contributed by atoms with van der Waals surface area (Å²) < 4.78 is 0. The number of benzene rings is 2. The highest BCUT2D eigenvalue weighted by Crippen LogP contribution is 2.26. The summed E-state index contributed by atoms with van der Waals surface area (Å²) in [6.45, 7) is 0. The first-order valence-electron chi connectivity index (χ1n) is 6.33. The van der Waals surface area contributed by atoms with Gasteiger partial charge >= 0.3 is 6.03 Å². The molecule has 1 aliphatic heterocycles. The molecule has 5 heteroatoms. The maximum absolute atomic E-state index is 11.8. The average molecular weight is 286 g/mol. The van der Waals surface area contributed by atoms with E-state index in [1.807, 2.05) is 18.2 Å². The van der Waals surface area contributed by atoms with Gasteiger partial charge in [-0.2, -0.15) is 0 Å². The van der Waals surface area contributed by atoms with Gasteiger partial charge in [-0.15, -0.1) is 11.8 Å². The molecule has 1 N–H and O–H groups in total. The van der Waals surface area contributed by atoms with Crippen molar-refractivity contribution >= 4 is 34.5 Å². The molecule has 0 spiro atoms. The summed E-state index contributed by atoms with van der Waals surface area (Å²) in [7, 11) is 1.50. The second-order valence-corrected chi connectivity index (χ2v) is 5.77. The molecule has 2 aromatic carbocycles. The molecule has 4 nitrogen and oxygen atoms in total. The lowest BCUT2D eigenvalue weighted by Crippen LogP contribution is -2.26. The number of nitrogens with zero attached hydrogens (tertiary/aromatic N) is 1. The Morgan fingerprint density at radius 1 is 1.15 bits per heavy atom. The Hall–Kier alpha value is -2.01. The maximum Gasteiger partial charge on any atom is 0.325 e. The molecule has 0 aliphatic carbocycles. The van der Waals surface area contributed by atoms with Crippen LogP contribution in [0.5, 0.6) is 0 Å². The standard InChI is InChI=1S/C15H14N2O2S/c1-17-14(18)13(16-15(17)19)20-9-11-7-4-6-10-5-2-3-8-12(10)11/h2-8,13H,9H2,1H3,(H,16,19). The molecule has 102 valence electrons. The Labute approximate surface area is 121 Å². The van der Waals surface area contributed by atoms with Crippen LogP contribution in [0.25, 0.3) is 10.8 Å². The van der Waals surface area contributed by atoms with Crippen LogP contribution in [-0.4, -0.2) is 29.3 Å². The van der Waals surface area contributed by atoms with Crippen LogP contribution in [0, 0.1) is 0 Å². The molecule has 3 amide bonds. The summed E-state index contributed by atoms with van der Waals surface area (Å²) in [5.41, 5.74) is 1.17. The zero-order valence-corrected chi connectivity index (χ0v) is 11.8. The molecule has 1 heterocycles. The molecular formula is C15H14N2O2S. The topological polar surface area (TPSA) is 49.4 Å². The average Bonchev–Trinajstić information content (AvgIpc) is 2.72. The first-order chi connectivity index (χ1) is 9.66. The predicted octanol–water partition coefficient (Wildman–Crippen LogP) is 2.58. The number of imide groups is 1. The molecule has 1 saturated heterocycles. The highest BCUT2D eigenvalue weighted by molar-refractivity contribution is 7.99. The number of nitrogens with one attached hydrogen (secondary N) is 1. The minimum atomic E-state index is -0.480. The lowest BCUT2D eigenvalue weighted by atomic mass is 10.1. The molecule has 0 aromatic heterocycles. The molecule has 1 fully saturated rings. The second kappa shape index (κ2) is 5.17. The Balaban J connectivity index is 1.78. The van der Waals surface area contributed by atoms with Gasteiger partial charge in [0.1, 0.15) is 0 Å². The SMILES string of the molecule is CN1C(=O)NC(SCc2cccc3ccccc23)C1=O. The quantitative estimate of drug-likeness (QED) is 0.882. The number of carbonyl (C=O) groups excluding carboxylic acids is 2. The molecular weight excluding hydrogens is 272 g/mol. The van der Waals surface area contributed by atoms with Crippen LogP contribution in [0.1, 0.15) is 5.56 Å². The van der Waals surface area contributed by atoms with Crippen molar-refractivity contribution in [1.29, 1.82) is 0 Å². The van der Waals surface area contributed by atoms with Crippen LogP contribution >= 0.6 is 11.8 Å². The van der Waals surface area contributed by atoms with Crippen molar-refractivity contribution in [3.05, 3.63) is 48.0 Å².